The molecule has 0 atom stereocenters. The number of methoxy groups -OCH3 is 2. The van der Waals surface area contributed by atoms with Crippen molar-refractivity contribution >= 4 is 34.5 Å². The molecule has 0 aliphatic rings. The number of benzene rings is 4. The highest BCUT2D eigenvalue weighted by Gasteiger charge is 2.14. The summed E-state index contributed by atoms with van der Waals surface area (Å²) in [5, 5.41) is 6.38. The molecule has 0 radical (unpaired) electrons. The van der Waals surface area contributed by atoms with Crippen LogP contribution in [0.25, 0.3) is 10.8 Å². The number of carbonyl (C=O) groups excluding carboxylic acids is 1. The predicted octanol–water partition coefficient (Wildman–Crippen LogP) is 6.16. The highest BCUT2D eigenvalue weighted by Crippen LogP contribution is 2.36. The van der Waals surface area contributed by atoms with E-state index >= 15 is 0 Å². The molecule has 0 unspecified atom stereocenters. The molecule has 0 heterocycles. The van der Waals surface area contributed by atoms with Gasteiger partial charge in [0.1, 0.15) is 12.4 Å². The van der Waals surface area contributed by atoms with E-state index in [4.69, 9.17) is 25.8 Å². The summed E-state index contributed by atoms with van der Waals surface area (Å²) in [6.45, 7) is 2.38. The normalized spacial score (nSPS) is 11.0. The van der Waals surface area contributed by atoms with Crippen LogP contribution in [0.3, 0.4) is 0 Å². The molecule has 0 fully saturated rings. The van der Waals surface area contributed by atoms with Crippen LogP contribution < -0.4 is 19.6 Å². The van der Waals surface area contributed by atoms with Crippen LogP contribution in [0.15, 0.2) is 77.9 Å². The summed E-state index contributed by atoms with van der Waals surface area (Å²) >= 11 is 6.47. The van der Waals surface area contributed by atoms with Gasteiger partial charge in [0.2, 0.25) is 0 Å². The van der Waals surface area contributed by atoms with Crippen molar-refractivity contribution in [2.24, 2.45) is 5.10 Å². The first-order valence-electron chi connectivity index (χ1n) is 10.9. The van der Waals surface area contributed by atoms with E-state index in [1.165, 1.54) is 13.3 Å². The van der Waals surface area contributed by atoms with E-state index in [9.17, 15) is 4.79 Å². The van der Waals surface area contributed by atoms with Gasteiger partial charge in [-0.3, -0.25) is 4.79 Å². The van der Waals surface area contributed by atoms with Gasteiger partial charge in [-0.2, -0.15) is 5.10 Å². The van der Waals surface area contributed by atoms with E-state index < -0.39 is 0 Å². The number of nitrogens with one attached hydrogen (secondary N) is 1. The van der Waals surface area contributed by atoms with Crippen molar-refractivity contribution in [1.29, 1.82) is 0 Å². The molecular weight excluding hydrogens is 464 g/mol. The maximum atomic E-state index is 12.8. The zero-order valence-corrected chi connectivity index (χ0v) is 20.4. The average molecular weight is 489 g/mol. The summed E-state index contributed by atoms with van der Waals surface area (Å²) < 4.78 is 16.8. The first-order chi connectivity index (χ1) is 17.0. The van der Waals surface area contributed by atoms with E-state index in [1.807, 2.05) is 55.5 Å². The van der Waals surface area contributed by atoms with Crippen LogP contribution >= 0.6 is 11.6 Å². The van der Waals surface area contributed by atoms with Crippen LogP contribution in [0.1, 0.15) is 27.0 Å². The molecule has 0 aromatic heterocycles. The van der Waals surface area contributed by atoms with Crippen molar-refractivity contribution in [2.75, 3.05) is 14.2 Å². The number of hydrogen-bond acceptors (Lipinski definition) is 5. The lowest BCUT2D eigenvalue weighted by Gasteiger charge is -2.13. The van der Waals surface area contributed by atoms with E-state index in [2.05, 4.69) is 16.6 Å². The lowest BCUT2D eigenvalue weighted by molar-refractivity contribution is 0.0952. The van der Waals surface area contributed by atoms with Gasteiger partial charge in [0.05, 0.1) is 31.0 Å². The van der Waals surface area contributed by atoms with Crippen LogP contribution in [0.5, 0.6) is 17.2 Å². The summed E-state index contributed by atoms with van der Waals surface area (Å²) in [5.41, 5.74) is 5.75. The molecule has 7 heteroatoms. The first kappa shape index (κ1) is 24.1. The molecular formula is C28H25ClN2O4. The summed E-state index contributed by atoms with van der Waals surface area (Å²) in [7, 11) is 3.07. The Balaban J connectivity index is 1.48. The third kappa shape index (κ3) is 5.73. The fourth-order valence-electron chi connectivity index (χ4n) is 3.70. The molecule has 0 spiro atoms. The molecule has 35 heavy (non-hydrogen) atoms. The van der Waals surface area contributed by atoms with Gasteiger partial charge in [0, 0.05) is 0 Å². The maximum absolute atomic E-state index is 12.8. The fourth-order valence-corrected chi connectivity index (χ4v) is 3.98. The minimum Gasteiger partial charge on any atom is -0.496 e. The molecule has 0 aliphatic heterocycles. The molecule has 178 valence electrons. The minimum atomic E-state index is -0.389. The van der Waals surface area contributed by atoms with Crippen molar-refractivity contribution in [3.8, 4) is 17.2 Å². The van der Waals surface area contributed by atoms with Crippen molar-refractivity contribution in [3.63, 3.8) is 0 Å². The Morgan fingerprint density at radius 3 is 2.40 bits per heavy atom. The van der Waals surface area contributed by atoms with Crippen LogP contribution in [0.2, 0.25) is 5.02 Å². The van der Waals surface area contributed by atoms with Gasteiger partial charge in [-0.1, -0.05) is 65.7 Å². The predicted molar refractivity (Wildman–Crippen MR) is 139 cm³/mol. The number of ether oxygens (including phenoxy) is 3. The van der Waals surface area contributed by atoms with Crippen molar-refractivity contribution in [3.05, 3.63) is 100 Å². The van der Waals surface area contributed by atoms with Crippen LogP contribution in [0.4, 0.5) is 0 Å². The number of amides is 1. The third-order valence-electron chi connectivity index (χ3n) is 5.41. The molecule has 4 rings (SSSR count). The SMILES string of the molecule is COc1cc2ccccc2cc1C(=O)N/N=C\c1cc(Cl)c(OCc2cccc(C)c2)c(OC)c1. The monoisotopic (exact) mass is 488 g/mol. The van der Waals surface area contributed by atoms with E-state index in [0.29, 0.717) is 40.0 Å². The lowest BCUT2D eigenvalue weighted by atomic mass is 10.1. The Hall–Kier alpha value is -4.03. The van der Waals surface area contributed by atoms with Gasteiger partial charge in [-0.25, -0.2) is 5.43 Å². The molecule has 1 N–H and O–H groups in total. The zero-order chi connectivity index (χ0) is 24.8. The topological polar surface area (TPSA) is 69.2 Å². The summed E-state index contributed by atoms with van der Waals surface area (Å²) in [6.07, 6.45) is 1.49. The highest BCUT2D eigenvalue weighted by atomic mass is 35.5. The van der Waals surface area contributed by atoms with Gasteiger partial charge in [0.25, 0.3) is 5.91 Å². The first-order valence-corrected chi connectivity index (χ1v) is 11.3. The summed E-state index contributed by atoms with van der Waals surface area (Å²) in [6, 6.07) is 22.8. The molecule has 4 aromatic rings. The Morgan fingerprint density at radius 2 is 1.69 bits per heavy atom. The van der Waals surface area contributed by atoms with E-state index in [-0.39, 0.29) is 5.91 Å². The second kappa shape index (κ2) is 10.9. The Labute approximate surface area is 209 Å². The average Bonchev–Trinajstić information content (AvgIpc) is 2.86. The minimum absolute atomic E-state index is 0.356. The standard InChI is InChI=1S/C28H25ClN2O4/c1-18-7-6-8-19(11-18)17-35-27-24(29)12-20(13-26(27)34-3)16-30-31-28(32)23-14-21-9-4-5-10-22(21)15-25(23)33-2/h4-16H,17H2,1-3H3,(H,31,32)/b30-16-. The van der Waals surface area contributed by atoms with Crippen LogP contribution in [0, 0.1) is 6.92 Å². The van der Waals surface area contributed by atoms with E-state index in [1.54, 1.807) is 25.3 Å². The number of aryl methyl sites for hydroxylation is 1. The second-order valence-corrected chi connectivity index (χ2v) is 8.32. The van der Waals surface area contributed by atoms with Gasteiger partial charge >= 0.3 is 0 Å². The third-order valence-corrected chi connectivity index (χ3v) is 5.69. The van der Waals surface area contributed by atoms with Gasteiger partial charge in [-0.05, 0) is 53.1 Å². The van der Waals surface area contributed by atoms with E-state index in [0.717, 1.165) is 21.9 Å². The van der Waals surface area contributed by atoms with Crippen LogP contribution in [-0.4, -0.2) is 26.3 Å². The quantitative estimate of drug-likeness (QED) is 0.238. The summed E-state index contributed by atoms with van der Waals surface area (Å²) in [5.74, 6) is 0.989. The number of halogens is 1. The number of nitrogens with zero attached hydrogens (tertiary/aromatic N) is 1. The highest BCUT2D eigenvalue weighted by molar-refractivity contribution is 6.32. The number of fused-ring (bicyclic) bond motifs is 1. The number of rotatable bonds is 8. The van der Waals surface area contributed by atoms with Gasteiger partial charge in [0.15, 0.2) is 11.5 Å². The van der Waals surface area contributed by atoms with Gasteiger partial charge in [-0.15, -0.1) is 0 Å². The lowest BCUT2D eigenvalue weighted by Crippen LogP contribution is -2.18. The fraction of sp³-hybridized carbons (Fsp3) is 0.143. The molecule has 0 aliphatic carbocycles. The Kier molecular flexibility index (Phi) is 7.53. The second-order valence-electron chi connectivity index (χ2n) is 7.91. The van der Waals surface area contributed by atoms with Crippen molar-refractivity contribution in [2.45, 2.75) is 13.5 Å². The zero-order valence-electron chi connectivity index (χ0n) is 19.7. The van der Waals surface area contributed by atoms with Crippen molar-refractivity contribution < 1.29 is 19.0 Å². The Bertz CT molecular complexity index is 1400. The van der Waals surface area contributed by atoms with Crippen LogP contribution in [-0.2, 0) is 6.61 Å². The molecule has 4 aromatic carbocycles. The number of carbonyl (C=O) groups is 1. The smallest absolute Gasteiger partial charge is 0.275 e. The molecule has 1 amide bonds. The molecule has 6 nitrogen and oxygen atoms in total. The number of hydrazone groups is 1. The Morgan fingerprint density at radius 1 is 0.943 bits per heavy atom. The molecule has 0 saturated carbocycles. The molecule has 0 saturated heterocycles. The number of hydrogen-bond donors (Lipinski definition) is 1. The largest absolute Gasteiger partial charge is 0.496 e. The molecule has 0 bridgehead atoms. The summed E-state index contributed by atoms with van der Waals surface area (Å²) in [4.78, 5) is 12.8. The van der Waals surface area contributed by atoms with Gasteiger partial charge < -0.3 is 14.2 Å². The maximum Gasteiger partial charge on any atom is 0.275 e. The van der Waals surface area contributed by atoms with Crippen molar-refractivity contribution in [1.82, 2.24) is 5.43 Å².